The van der Waals surface area contributed by atoms with Crippen molar-refractivity contribution in [2.24, 2.45) is 17.8 Å². The molecule has 3 rings (SSSR count). The number of ether oxygens (including phenoxy) is 3. The standard InChI is InChI=1S/C23H33NO7S/c1-16(2)20-9-4-17(3)14-21(20)31-22(25)15-30-23(26)18-5-7-19(8-6-18)32(27,28)24-10-12-29-13-11-24/h5-8,16-17,20-21H,4,9-15H2,1-3H3/t17-,20+,21+/m0/s1. The minimum Gasteiger partial charge on any atom is -0.460 e. The van der Waals surface area contributed by atoms with Crippen LogP contribution in [0, 0.1) is 17.8 Å². The van der Waals surface area contributed by atoms with Crippen LogP contribution in [0.5, 0.6) is 0 Å². The van der Waals surface area contributed by atoms with Gasteiger partial charge in [-0.15, -0.1) is 0 Å². The van der Waals surface area contributed by atoms with Gasteiger partial charge in [-0.1, -0.05) is 27.2 Å². The molecule has 1 aromatic rings. The number of carbonyl (C=O) groups excluding carboxylic acids is 2. The highest BCUT2D eigenvalue weighted by molar-refractivity contribution is 7.89. The van der Waals surface area contributed by atoms with Gasteiger partial charge in [0.15, 0.2) is 6.61 Å². The van der Waals surface area contributed by atoms with Crippen molar-refractivity contribution in [3.63, 3.8) is 0 Å². The lowest BCUT2D eigenvalue weighted by molar-refractivity contribution is -0.159. The van der Waals surface area contributed by atoms with Crippen LogP contribution in [0.25, 0.3) is 0 Å². The van der Waals surface area contributed by atoms with Gasteiger partial charge in [-0.05, 0) is 54.9 Å². The molecule has 8 nitrogen and oxygen atoms in total. The molecule has 2 fully saturated rings. The Balaban J connectivity index is 1.54. The summed E-state index contributed by atoms with van der Waals surface area (Å²) in [4.78, 5) is 24.7. The van der Waals surface area contributed by atoms with Crippen LogP contribution in [-0.4, -0.2) is 63.7 Å². The molecule has 1 heterocycles. The van der Waals surface area contributed by atoms with Crippen molar-refractivity contribution >= 4 is 22.0 Å². The van der Waals surface area contributed by atoms with E-state index in [2.05, 4.69) is 20.8 Å². The molecule has 9 heteroatoms. The molecule has 0 spiro atoms. The van der Waals surface area contributed by atoms with E-state index in [1.165, 1.54) is 28.6 Å². The zero-order valence-electron chi connectivity index (χ0n) is 19.0. The average molecular weight is 468 g/mol. The summed E-state index contributed by atoms with van der Waals surface area (Å²) >= 11 is 0. The topological polar surface area (TPSA) is 99.2 Å². The molecule has 0 amide bonds. The van der Waals surface area contributed by atoms with Gasteiger partial charge in [-0.2, -0.15) is 4.31 Å². The average Bonchev–Trinajstić information content (AvgIpc) is 2.78. The van der Waals surface area contributed by atoms with Crippen molar-refractivity contribution in [3.8, 4) is 0 Å². The highest BCUT2D eigenvalue weighted by atomic mass is 32.2. The fourth-order valence-electron chi connectivity index (χ4n) is 4.36. The molecule has 1 aliphatic carbocycles. The van der Waals surface area contributed by atoms with Crippen molar-refractivity contribution < 1.29 is 32.2 Å². The lowest BCUT2D eigenvalue weighted by Gasteiger charge is -2.36. The number of hydrogen-bond donors (Lipinski definition) is 0. The Labute approximate surface area is 190 Å². The lowest BCUT2D eigenvalue weighted by Crippen LogP contribution is -2.40. The van der Waals surface area contributed by atoms with Gasteiger partial charge in [0.2, 0.25) is 10.0 Å². The quantitative estimate of drug-likeness (QED) is 0.569. The van der Waals surface area contributed by atoms with Crippen molar-refractivity contribution in [2.45, 2.75) is 51.0 Å². The summed E-state index contributed by atoms with van der Waals surface area (Å²) in [5.74, 6) is -0.0381. The van der Waals surface area contributed by atoms with Gasteiger partial charge in [-0.3, -0.25) is 0 Å². The normalized spacial score (nSPS) is 24.8. The molecular weight excluding hydrogens is 434 g/mol. The SMILES string of the molecule is CC(C)[C@H]1CC[C@H](C)C[C@H]1OC(=O)COC(=O)c1ccc(S(=O)(=O)N2CCOCC2)cc1. The van der Waals surface area contributed by atoms with Crippen molar-refractivity contribution in [1.29, 1.82) is 0 Å². The smallest absolute Gasteiger partial charge is 0.344 e. The highest BCUT2D eigenvalue weighted by Crippen LogP contribution is 2.35. The van der Waals surface area contributed by atoms with Gasteiger partial charge in [0.05, 0.1) is 23.7 Å². The number of sulfonamides is 1. The first-order chi connectivity index (χ1) is 15.2. The van der Waals surface area contributed by atoms with Crippen molar-refractivity contribution in [3.05, 3.63) is 29.8 Å². The summed E-state index contributed by atoms with van der Waals surface area (Å²) < 4.78 is 42.6. The largest absolute Gasteiger partial charge is 0.460 e. The van der Waals surface area contributed by atoms with Gasteiger partial charge in [0.1, 0.15) is 6.10 Å². The Morgan fingerprint density at radius 1 is 1.12 bits per heavy atom. The first-order valence-electron chi connectivity index (χ1n) is 11.2. The van der Waals surface area contributed by atoms with Crippen LogP contribution < -0.4 is 0 Å². The monoisotopic (exact) mass is 467 g/mol. The molecule has 0 radical (unpaired) electrons. The van der Waals surface area contributed by atoms with E-state index in [1.807, 2.05) is 0 Å². The van der Waals surface area contributed by atoms with Crippen LogP contribution in [0.3, 0.4) is 0 Å². The zero-order valence-corrected chi connectivity index (χ0v) is 19.8. The predicted molar refractivity (Wildman–Crippen MR) is 118 cm³/mol. The molecule has 1 saturated carbocycles. The molecule has 32 heavy (non-hydrogen) atoms. The molecule has 1 aromatic carbocycles. The zero-order chi connectivity index (χ0) is 23.3. The first-order valence-corrected chi connectivity index (χ1v) is 12.7. The van der Waals surface area contributed by atoms with Gasteiger partial charge in [0.25, 0.3) is 0 Å². The summed E-state index contributed by atoms with van der Waals surface area (Å²) in [5.41, 5.74) is 0.171. The van der Waals surface area contributed by atoms with Crippen LogP contribution in [0.2, 0.25) is 0 Å². The lowest BCUT2D eigenvalue weighted by atomic mass is 9.75. The van der Waals surface area contributed by atoms with Crippen LogP contribution in [0.4, 0.5) is 0 Å². The van der Waals surface area contributed by atoms with E-state index in [4.69, 9.17) is 14.2 Å². The number of nitrogens with zero attached hydrogens (tertiary/aromatic N) is 1. The predicted octanol–water partition coefficient (Wildman–Crippen LogP) is 2.87. The van der Waals surface area contributed by atoms with E-state index < -0.39 is 28.6 Å². The van der Waals surface area contributed by atoms with E-state index in [-0.39, 0.29) is 16.6 Å². The number of carbonyl (C=O) groups is 2. The second-order valence-electron chi connectivity index (χ2n) is 8.97. The molecule has 0 N–H and O–H groups in total. The fraction of sp³-hybridized carbons (Fsp3) is 0.652. The molecule has 0 bridgehead atoms. The second-order valence-corrected chi connectivity index (χ2v) is 10.9. The maximum Gasteiger partial charge on any atom is 0.344 e. The molecule has 0 unspecified atom stereocenters. The molecular formula is C23H33NO7S. The van der Waals surface area contributed by atoms with Crippen molar-refractivity contribution in [2.75, 3.05) is 32.9 Å². The molecule has 1 saturated heterocycles. The first kappa shape index (κ1) is 24.7. The third-order valence-corrected chi connectivity index (χ3v) is 8.18. The van der Waals surface area contributed by atoms with E-state index >= 15 is 0 Å². The Kier molecular flexibility index (Phi) is 8.30. The number of esters is 2. The Hall–Kier alpha value is -1.97. The molecule has 0 aromatic heterocycles. The number of morpholine rings is 1. The Morgan fingerprint density at radius 2 is 1.78 bits per heavy atom. The van der Waals surface area contributed by atoms with Gasteiger partial charge < -0.3 is 14.2 Å². The molecule has 1 aliphatic heterocycles. The Bertz CT molecular complexity index is 891. The fourth-order valence-corrected chi connectivity index (χ4v) is 5.77. The summed E-state index contributed by atoms with van der Waals surface area (Å²) in [6.45, 7) is 7.25. The second kappa shape index (κ2) is 10.8. The maximum atomic E-state index is 12.7. The van der Waals surface area contributed by atoms with Gasteiger partial charge >= 0.3 is 11.9 Å². The number of rotatable bonds is 7. The molecule has 3 atom stereocenters. The van der Waals surface area contributed by atoms with Gasteiger partial charge in [-0.25, -0.2) is 18.0 Å². The number of hydrogen-bond acceptors (Lipinski definition) is 7. The maximum absolute atomic E-state index is 12.7. The third-order valence-electron chi connectivity index (χ3n) is 6.26. The molecule has 2 aliphatic rings. The van der Waals surface area contributed by atoms with Gasteiger partial charge in [0, 0.05) is 13.1 Å². The van der Waals surface area contributed by atoms with E-state index in [1.54, 1.807) is 0 Å². The molecule has 178 valence electrons. The number of benzene rings is 1. The van der Waals surface area contributed by atoms with Crippen molar-refractivity contribution in [1.82, 2.24) is 4.31 Å². The highest BCUT2D eigenvalue weighted by Gasteiger charge is 2.33. The van der Waals surface area contributed by atoms with Crippen LogP contribution in [-0.2, 0) is 29.0 Å². The summed E-state index contributed by atoms with van der Waals surface area (Å²) in [6.07, 6.45) is 2.82. The Morgan fingerprint density at radius 3 is 2.41 bits per heavy atom. The summed E-state index contributed by atoms with van der Waals surface area (Å²) in [5, 5.41) is 0. The summed E-state index contributed by atoms with van der Waals surface area (Å²) in [6, 6.07) is 5.52. The third kappa shape index (κ3) is 6.08. The van der Waals surface area contributed by atoms with Crippen LogP contribution >= 0.6 is 0 Å². The van der Waals surface area contributed by atoms with Crippen LogP contribution in [0.1, 0.15) is 50.4 Å². The van der Waals surface area contributed by atoms with E-state index in [0.29, 0.717) is 44.1 Å². The minimum absolute atomic E-state index is 0.0986. The minimum atomic E-state index is -3.64. The van der Waals surface area contributed by atoms with E-state index in [9.17, 15) is 18.0 Å². The van der Waals surface area contributed by atoms with E-state index in [0.717, 1.165) is 19.3 Å². The van der Waals surface area contributed by atoms with Crippen LogP contribution in [0.15, 0.2) is 29.2 Å². The summed E-state index contributed by atoms with van der Waals surface area (Å²) in [7, 11) is -3.64.